The third-order valence-corrected chi connectivity index (χ3v) is 6.51. The van der Waals surface area contributed by atoms with Crippen LogP contribution in [0.25, 0.3) is 10.9 Å². The number of aliphatic hydroxyl groups excluding tert-OH is 1. The standard InChI is InChI=1S/C24H35N5O6S/c1-4-12(2)20(29-22(32)19(25)13(3)30)23(33)27-17(21(31)28-18(11-36)24(34)35)9-14-10-26-16-8-6-5-7-15(14)16/h5-8,10,12-13,17-20,26,30,36H,4,9,11,25H2,1-3H3,(H,27,33)(H,28,31)(H,29,32)(H,34,35). The fourth-order valence-corrected chi connectivity index (χ4v) is 3.87. The molecule has 11 nitrogen and oxygen atoms in total. The van der Waals surface area contributed by atoms with Crippen LogP contribution in [0, 0.1) is 5.92 Å². The number of benzene rings is 1. The topological polar surface area (TPSA) is 187 Å². The molecule has 12 heteroatoms. The average molecular weight is 522 g/mol. The Balaban J connectivity index is 2.33. The van der Waals surface area contributed by atoms with E-state index in [4.69, 9.17) is 5.73 Å². The molecule has 0 aliphatic rings. The van der Waals surface area contributed by atoms with Crippen LogP contribution in [0.4, 0.5) is 0 Å². The van der Waals surface area contributed by atoms with Crippen LogP contribution in [0.3, 0.4) is 0 Å². The summed E-state index contributed by atoms with van der Waals surface area (Å²) in [7, 11) is 0. The minimum atomic E-state index is -1.26. The molecule has 0 radical (unpaired) electrons. The quantitative estimate of drug-likeness (QED) is 0.169. The number of carbonyl (C=O) groups excluding carboxylic acids is 3. The first-order valence-electron chi connectivity index (χ1n) is 11.7. The zero-order valence-electron chi connectivity index (χ0n) is 20.5. The molecular formula is C24H35N5O6S. The summed E-state index contributed by atoms with van der Waals surface area (Å²) in [6.07, 6.45) is 1.19. The van der Waals surface area contributed by atoms with Crippen molar-refractivity contribution in [3.05, 3.63) is 36.0 Å². The van der Waals surface area contributed by atoms with E-state index < -0.39 is 54.0 Å². The lowest BCUT2D eigenvalue weighted by molar-refractivity contribution is -0.141. The molecule has 6 atom stereocenters. The highest BCUT2D eigenvalue weighted by molar-refractivity contribution is 7.80. The summed E-state index contributed by atoms with van der Waals surface area (Å²) in [4.78, 5) is 53.5. The first kappa shape index (κ1) is 29.1. The summed E-state index contributed by atoms with van der Waals surface area (Å²) in [5.41, 5.74) is 7.30. The van der Waals surface area contributed by atoms with E-state index in [-0.39, 0.29) is 18.1 Å². The number of nitrogens with two attached hydrogens (primary N) is 1. The van der Waals surface area contributed by atoms with Crippen molar-refractivity contribution in [1.29, 1.82) is 0 Å². The SMILES string of the molecule is CCC(C)C(NC(=O)C(N)C(C)O)C(=O)NC(Cc1c[nH]c2ccccc12)C(=O)NC(CS)C(=O)O. The molecule has 0 bridgehead atoms. The van der Waals surface area contributed by atoms with Crippen molar-refractivity contribution in [3.8, 4) is 0 Å². The Morgan fingerprint density at radius 2 is 1.67 bits per heavy atom. The van der Waals surface area contributed by atoms with Gasteiger partial charge in [-0.3, -0.25) is 14.4 Å². The van der Waals surface area contributed by atoms with E-state index in [0.717, 1.165) is 16.5 Å². The number of thiol groups is 1. The number of amides is 3. The number of carboxylic acids is 1. The van der Waals surface area contributed by atoms with Crippen LogP contribution in [0.1, 0.15) is 32.8 Å². The molecule has 0 fully saturated rings. The van der Waals surface area contributed by atoms with E-state index in [1.807, 2.05) is 31.2 Å². The molecule has 0 saturated carbocycles. The van der Waals surface area contributed by atoms with Crippen molar-refractivity contribution >= 4 is 47.2 Å². The van der Waals surface area contributed by atoms with Gasteiger partial charge < -0.3 is 36.9 Å². The van der Waals surface area contributed by atoms with Gasteiger partial charge in [-0.15, -0.1) is 0 Å². The number of fused-ring (bicyclic) bond motifs is 1. The monoisotopic (exact) mass is 521 g/mol. The van der Waals surface area contributed by atoms with Crippen LogP contribution in [0.2, 0.25) is 0 Å². The number of hydrogen-bond donors (Lipinski definition) is 8. The Hall–Kier alpha value is -3.09. The predicted molar refractivity (Wildman–Crippen MR) is 138 cm³/mol. The molecule has 0 saturated heterocycles. The molecule has 1 heterocycles. The Morgan fingerprint density at radius 1 is 1.03 bits per heavy atom. The lowest BCUT2D eigenvalue weighted by Gasteiger charge is -2.28. The van der Waals surface area contributed by atoms with Gasteiger partial charge in [-0.25, -0.2) is 4.79 Å². The third-order valence-electron chi connectivity index (χ3n) is 6.14. The van der Waals surface area contributed by atoms with Crippen LogP contribution in [0.15, 0.2) is 30.5 Å². The van der Waals surface area contributed by atoms with Gasteiger partial charge in [0, 0.05) is 29.3 Å². The van der Waals surface area contributed by atoms with Crippen LogP contribution in [-0.4, -0.2) is 74.9 Å². The van der Waals surface area contributed by atoms with Gasteiger partial charge in [-0.2, -0.15) is 12.6 Å². The van der Waals surface area contributed by atoms with E-state index in [9.17, 15) is 29.4 Å². The lowest BCUT2D eigenvalue weighted by atomic mass is 9.96. The normalized spacial score (nSPS) is 16.3. The third kappa shape index (κ3) is 7.45. The number of rotatable bonds is 13. The highest BCUT2D eigenvalue weighted by Crippen LogP contribution is 2.19. The van der Waals surface area contributed by atoms with Gasteiger partial charge >= 0.3 is 5.97 Å². The van der Waals surface area contributed by atoms with Crippen molar-refractivity contribution in [3.63, 3.8) is 0 Å². The average Bonchev–Trinajstić information content (AvgIpc) is 3.26. The molecule has 3 amide bonds. The Bertz CT molecular complexity index is 1070. The molecule has 36 heavy (non-hydrogen) atoms. The maximum atomic E-state index is 13.3. The number of aromatic nitrogens is 1. The zero-order chi connectivity index (χ0) is 27.0. The molecule has 0 aliphatic heterocycles. The minimum Gasteiger partial charge on any atom is -0.480 e. The fraction of sp³-hybridized carbons (Fsp3) is 0.500. The summed E-state index contributed by atoms with van der Waals surface area (Å²) < 4.78 is 0. The van der Waals surface area contributed by atoms with Gasteiger partial charge in [0.05, 0.1) is 6.10 Å². The number of carboxylic acid groups (broad SMARTS) is 1. The maximum absolute atomic E-state index is 13.3. The van der Waals surface area contributed by atoms with Crippen LogP contribution in [-0.2, 0) is 25.6 Å². The maximum Gasteiger partial charge on any atom is 0.327 e. The van der Waals surface area contributed by atoms with Gasteiger partial charge in [0.1, 0.15) is 24.2 Å². The summed E-state index contributed by atoms with van der Waals surface area (Å²) in [6, 6.07) is 2.76. The highest BCUT2D eigenvalue weighted by Gasteiger charge is 2.33. The number of carbonyl (C=O) groups is 4. The second-order valence-corrected chi connectivity index (χ2v) is 9.21. The molecule has 198 valence electrons. The van der Waals surface area contributed by atoms with Crippen LogP contribution < -0.4 is 21.7 Å². The van der Waals surface area contributed by atoms with Crippen molar-refractivity contribution in [2.24, 2.45) is 11.7 Å². The van der Waals surface area contributed by atoms with E-state index in [2.05, 4.69) is 33.6 Å². The van der Waals surface area contributed by atoms with Crippen molar-refractivity contribution < 1.29 is 29.4 Å². The zero-order valence-corrected chi connectivity index (χ0v) is 21.4. The summed E-state index contributed by atoms with van der Waals surface area (Å²) in [5.74, 6) is -3.76. The molecular weight excluding hydrogens is 486 g/mol. The van der Waals surface area contributed by atoms with Crippen molar-refractivity contribution in [1.82, 2.24) is 20.9 Å². The number of H-pyrrole nitrogens is 1. The van der Waals surface area contributed by atoms with E-state index >= 15 is 0 Å². The molecule has 8 N–H and O–H groups in total. The second kappa shape index (κ2) is 13.3. The molecule has 6 unspecified atom stereocenters. The van der Waals surface area contributed by atoms with E-state index in [1.165, 1.54) is 6.92 Å². The van der Waals surface area contributed by atoms with Gasteiger partial charge in [-0.1, -0.05) is 38.5 Å². The Morgan fingerprint density at radius 3 is 2.25 bits per heavy atom. The minimum absolute atomic E-state index is 0.0643. The largest absolute Gasteiger partial charge is 0.480 e. The number of aromatic amines is 1. The smallest absolute Gasteiger partial charge is 0.327 e. The first-order chi connectivity index (χ1) is 17.0. The number of aliphatic carboxylic acids is 1. The summed E-state index contributed by atoms with van der Waals surface area (Å²) >= 11 is 3.98. The predicted octanol–water partition coefficient (Wildman–Crippen LogP) is -0.0666. The van der Waals surface area contributed by atoms with Crippen LogP contribution in [0.5, 0.6) is 0 Å². The second-order valence-electron chi connectivity index (χ2n) is 8.84. The molecule has 0 aliphatic carbocycles. The van der Waals surface area contributed by atoms with Gasteiger partial charge in [-0.05, 0) is 24.5 Å². The first-order valence-corrected chi connectivity index (χ1v) is 12.4. The number of para-hydroxylation sites is 1. The van der Waals surface area contributed by atoms with Crippen LogP contribution >= 0.6 is 12.6 Å². The van der Waals surface area contributed by atoms with Gasteiger partial charge in [0.15, 0.2) is 0 Å². The van der Waals surface area contributed by atoms with Crippen molar-refractivity contribution in [2.45, 2.75) is 63.9 Å². The van der Waals surface area contributed by atoms with E-state index in [0.29, 0.717) is 6.42 Å². The Labute approximate surface area is 215 Å². The highest BCUT2D eigenvalue weighted by atomic mass is 32.1. The summed E-state index contributed by atoms with van der Waals surface area (Å²) in [5, 5.41) is 27.5. The molecule has 0 spiro atoms. The molecule has 1 aromatic carbocycles. The molecule has 2 rings (SSSR count). The van der Waals surface area contributed by atoms with E-state index in [1.54, 1.807) is 13.1 Å². The number of aliphatic hydroxyl groups is 1. The molecule has 2 aromatic rings. The molecule has 1 aromatic heterocycles. The van der Waals surface area contributed by atoms with Gasteiger partial charge in [0.25, 0.3) is 0 Å². The fourth-order valence-electron chi connectivity index (χ4n) is 3.62. The summed E-state index contributed by atoms with van der Waals surface area (Å²) in [6.45, 7) is 4.96. The van der Waals surface area contributed by atoms with Crippen molar-refractivity contribution in [2.75, 3.05) is 5.75 Å². The van der Waals surface area contributed by atoms with Gasteiger partial charge in [0.2, 0.25) is 17.7 Å². The number of hydrogen-bond acceptors (Lipinski definition) is 7. The lowest BCUT2D eigenvalue weighted by Crippen LogP contribution is -2.60. The Kier molecular flexibility index (Phi) is 10.8. The number of nitrogens with one attached hydrogen (secondary N) is 4.